The number of hydrogen-bond acceptors (Lipinski definition) is 5. The number of rotatable bonds is 7. The lowest BCUT2D eigenvalue weighted by molar-refractivity contribution is -0.148. The van der Waals surface area contributed by atoms with E-state index in [1.54, 1.807) is 0 Å². The van der Waals surface area contributed by atoms with E-state index in [0.717, 1.165) is 32.4 Å². The fourth-order valence-electron chi connectivity index (χ4n) is 3.10. The molecular weight excluding hydrogens is 266 g/mol. The van der Waals surface area contributed by atoms with Gasteiger partial charge in [-0.1, -0.05) is 0 Å². The molecule has 0 amide bonds. The van der Waals surface area contributed by atoms with E-state index in [4.69, 9.17) is 4.74 Å². The van der Waals surface area contributed by atoms with Crippen molar-refractivity contribution in [3.8, 4) is 0 Å². The van der Waals surface area contributed by atoms with E-state index < -0.39 is 5.54 Å². The molecule has 0 aromatic heterocycles. The van der Waals surface area contributed by atoms with E-state index in [2.05, 4.69) is 29.1 Å². The molecule has 1 rings (SSSR count). The number of carbonyl (C=O) groups excluding carboxylic acids is 1. The Morgan fingerprint density at radius 2 is 2.10 bits per heavy atom. The van der Waals surface area contributed by atoms with Gasteiger partial charge in [-0.15, -0.1) is 0 Å². The minimum atomic E-state index is -0.556. The monoisotopic (exact) mass is 299 g/mol. The summed E-state index contributed by atoms with van der Waals surface area (Å²) >= 11 is 0. The van der Waals surface area contributed by atoms with Gasteiger partial charge in [0.05, 0.1) is 7.11 Å². The van der Waals surface area contributed by atoms with Gasteiger partial charge < -0.3 is 15.0 Å². The lowest BCUT2D eigenvalue weighted by Crippen LogP contribution is -2.48. The van der Waals surface area contributed by atoms with Crippen molar-refractivity contribution in [2.45, 2.75) is 51.1 Å². The number of carbonyl (C=O) groups is 1. The number of esters is 1. The molecule has 1 saturated heterocycles. The second-order valence-corrected chi connectivity index (χ2v) is 6.53. The van der Waals surface area contributed by atoms with Crippen LogP contribution in [0.15, 0.2) is 0 Å². The number of unbranched alkanes of at least 4 members (excludes halogenated alkanes) is 1. The predicted molar refractivity (Wildman–Crippen MR) is 86.5 cm³/mol. The molecule has 0 bridgehead atoms. The Labute approximate surface area is 130 Å². The van der Waals surface area contributed by atoms with Gasteiger partial charge >= 0.3 is 5.97 Å². The number of nitrogens with zero attached hydrogens (tertiary/aromatic N) is 2. The highest BCUT2D eigenvalue weighted by atomic mass is 16.5. The maximum atomic E-state index is 11.8. The topological polar surface area (TPSA) is 44.8 Å². The molecule has 2 unspecified atom stereocenters. The van der Waals surface area contributed by atoms with E-state index >= 15 is 0 Å². The predicted octanol–water partition coefficient (Wildman–Crippen LogP) is 1.33. The van der Waals surface area contributed by atoms with Crippen LogP contribution in [-0.4, -0.2) is 74.7 Å². The molecule has 1 aliphatic heterocycles. The van der Waals surface area contributed by atoms with Gasteiger partial charge in [0.2, 0.25) is 0 Å². The number of methoxy groups -OCH3 is 1. The zero-order valence-corrected chi connectivity index (χ0v) is 14.4. The second-order valence-electron chi connectivity index (χ2n) is 6.53. The van der Waals surface area contributed by atoms with E-state index in [1.807, 2.05) is 14.0 Å². The summed E-state index contributed by atoms with van der Waals surface area (Å²) in [6.07, 6.45) is 4.23. The van der Waals surface area contributed by atoms with E-state index in [9.17, 15) is 4.79 Å². The van der Waals surface area contributed by atoms with Crippen molar-refractivity contribution >= 4 is 5.97 Å². The molecule has 0 aliphatic carbocycles. The third-order valence-corrected chi connectivity index (χ3v) is 4.74. The first-order valence-electron chi connectivity index (χ1n) is 8.13. The lowest BCUT2D eigenvalue weighted by Gasteiger charge is -2.29. The van der Waals surface area contributed by atoms with Crippen LogP contribution in [0.2, 0.25) is 0 Å². The highest BCUT2D eigenvalue weighted by molar-refractivity contribution is 5.80. The lowest BCUT2D eigenvalue weighted by atomic mass is 9.95. The third kappa shape index (κ3) is 5.57. The van der Waals surface area contributed by atoms with E-state index in [-0.39, 0.29) is 5.97 Å². The van der Waals surface area contributed by atoms with Crippen molar-refractivity contribution in [2.24, 2.45) is 0 Å². The normalized spacial score (nSPS) is 24.3. The highest BCUT2D eigenvalue weighted by Gasteiger charge is 2.31. The van der Waals surface area contributed by atoms with Crippen molar-refractivity contribution < 1.29 is 9.53 Å². The molecule has 0 aromatic rings. The van der Waals surface area contributed by atoms with Crippen LogP contribution in [-0.2, 0) is 9.53 Å². The van der Waals surface area contributed by atoms with Crippen LogP contribution in [0.4, 0.5) is 0 Å². The fourth-order valence-corrected chi connectivity index (χ4v) is 3.10. The Kier molecular flexibility index (Phi) is 7.63. The van der Waals surface area contributed by atoms with Crippen LogP contribution in [0.25, 0.3) is 0 Å². The molecule has 1 heterocycles. The van der Waals surface area contributed by atoms with Gasteiger partial charge in [-0.2, -0.15) is 0 Å². The molecule has 1 aliphatic rings. The summed E-state index contributed by atoms with van der Waals surface area (Å²) in [5.74, 6) is -0.172. The summed E-state index contributed by atoms with van der Waals surface area (Å²) < 4.78 is 4.88. The minimum absolute atomic E-state index is 0.172. The summed E-state index contributed by atoms with van der Waals surface area (Å²) in [5.41, 5.74) is -0.556. The van der Waals surface area contributed by atoms with Crippen LogP contribution in [0.3, 0.4) is 0 Å². The number of likely N-dealkylation sites (N-methyl/N-ethyl adjacent to an activating group) is 2. The molecule has 0 radical (unpaired) electrons. The largest absolute Gasteiger partial charge is 0.468 e. The summed E-state index contributed by atoms with van der Waals surface area (Å²) in [6.45, 7) is 8.88. The quantitative estimate of drug-likeness (QED) is 0.568. The SMILES string of the molecule is CNC(C)(CCCCN1CCCN(C)CC1C)C(=O)OC. The van der Waals surface area contributed by atoms with Gasteiger partial charge in [-0.25, -0.2) is 0 Å². The molecule has 124 valence electrons. The summed E-state index contributed by atoms with van der Waals surface area (Å²) in [5, 5.41) is 3.10. The molecule has 0 saturated carbocycles. The minimum Gasteiger partial charge on any atom is -0.468 e. The van der Waals surface area contributed by atoms with Crippen molar-refractivity contribution in [1.29, 1.82) is 0 Å². The zero-order chi connectivity index (χ0) is 15.9. The van der Waals surface area contributed by atoms with Crippen molar-refractivity contribution in [3.63, 3.8) is 0 Å². The maximum Gasteiger partial charge on any atom is 0.325 e. The molecule has 0 spiro atoms. The van der Waals surface area contributed by atoms with Gasteiger partial charge in [0, 0.05) is 12.6 Å². The first-order chi connectivity index (χ1) is 9.92. The van der Waals surface area contributed by atoms with Gasteiger partial charge in [0.25, 0.3) is 0 Å². The van der Waals surface area contributed by atoms with Gasteiger partial charge in [0.15, 0.2) is 0 Å². The molecule has 2 atom stereocenters. The van der Waals surface area contributed by atoms with Crippen molar-refractivity contribution in [2.75, 3.05) is 47.4 Å². The Bertz CT molecular complexity index is 325. The highest BCUT2D eigenvalue weighted by Crippen LogP contribution is 2.16. The smallest absolute Gasteiger partial charge is 0.325 e. The molecule has 1 fully saturated rings. The van der Waals surface area contributed by atoms with E-state index in [1.165, 1.54) is 26.6 Å². The fraction of sp³-hybridized carbons (Fsp3) is 0.938. The second kappa shape index (κ2) is 8.71. The number of ether oxygens (including phenoxy) is 1. The van der Waals surface area contributed by atoms with Gasteiger partial charge in [-0.05, 0) is 73.3 Å². The van der Waals surface area contributed by atoms with Crippen LogP contribution in [0.5, 0.6) is 0 Å². The zero-order valence-electron chi connectivity index (χ0n) is 14.4. The van der Waals surface area contributed by atoms with Crippen LogP contribution < -0.4 is 5.32 Å². The maximum absolute atomic E-state index is 11.8. The Morgan fingerprint density at radius 1 is 1.38 bits per heavy atom. The van der Waals surface area contributed by atoms with Crippen molar-refractivity contribution in [1.82, 2.24) is 15.1 Å². The van der Waals surface area contributed by atoms with Gasteiger partial charge in [-0.3, -0.25) is 9.69 Å². The molecule has 5 heteroatoms. The molecular formula is C16H33N3O2. The molecule has 5 nitrogen and oxygen atoms in total. The first kappa shape index (κ1) is 18.4. The van der Waals surface area contributed by atoms with E-state index in [0.29, 0.717) is 6.04 Å². The van der Waals surface area contributed by atoms with Crippen LogP contribution in [0, 0.1) is 0 Å². The first-order valence-corrected chi connectivity index (χ1v) is 8.13. The van der Waals surface area contributed by atoms with Crippen LogP contribution in [0.1, 0.15) is 39.5 Å². The van der Waals surface area contributed by atoms with Crippen LogP contribution >= 0.6 is 0 Å². The summed E-state index contributed by atoms with van der Waals surface area (Å²) in [4.78, 5) is 16.8. The number of nitrogens with one attached hydrogen (secondary N) is 1. The molecule has 21 heavy (non-hydrogen) atoms. The van der Waals surface area contributed by atoms with Gasteiger partial charge in [0.1, 0.15) is 5.54 Å². The average molecular weight is 299 g/mol. The summed E-state index contributed by atoms with van der Waals surface area (Å²) in [7, 11) is 5.48. The third-order valence-electron chi connectivity index (χ3n) is 4.74. The van der Waals surface area contributed by atoms with Crippen molar-refractivity contribution in [3.05, 3.63) is 0 Å². The molecule has 0 aromatic carbocycles. The number of hydrogen-bond donors (Lipinski definition) is 1. The standard InChI is InChI=1S/C16H33N3O2/c1-14-13-18(4)10-8-12-19(14)11-7-6-9-16(2,17-3)15(20)21-5/h14,17H,6-13H2,1-5H3. The Morgan fingerprint density at radius 3 is 2.71 bits per heavy atom. The Balaban J connectivity index is 2.34. The average Bonchev–Trinajstić information content (AvgIpc) is 2.63. The molecule has 1 N–H and O–H groups in total. The summed E-state index contributed by atoms with van der Waals surface area (Å²) in [6, 6.07) is 0.619. The Hall–Kier alpha value is -0.650.